The summed E-state index contributed by atoms with van der Waals surface area (Å²) in [6, 6.07) is -0.384. The first kappa shape index (κ1) is 16.5. The number of piperidine rings is 1. The first-order chi connectivity index (χ1) is 11.5. The Hall–Kier alpha value is -2.38. The fourth-order valence-corrected chi connectivity index (χ4v) is 3.12. The third kappa shape index (κ3) is 3.58. The zero-order chi connectivity index (χ0) is 17.1. The van der Waals surface area contributed by atoms with Crippen LogP contribution in [0.4, 0.5) is 5.82 Å². The molecule has 2 amide bonds. The third-order valence-electron chi connectivity index (χ3n) is 4.33. The van der Waals surface area contributed by atoms with Gasteiger partial charge in [-0.2, -0.15) is 0 Å². The van der Waals surface area contributed by atoms with Crippen molar-refractivity contribution in [2.45, 2.75) is 37.8 Å². The van der Waals surface area contributed by atoms with E-state index in [2.05, 4.69) is 15.3 Å². The lowest BCUT2D eigenvalue weighted by molar-refractivity contribution is -0.136. The van der Waals surface area contributed by atoms with Crippen LogP contribution in [0.2, 0.25) is 0 Å². The van der Waals surface area contributed by atoms with E-state index in [1.807, 2.05) is 19.0 Å². The Morgan fingerprint density at radius 3 is 2.83 bits per heavy atom. The minimum Gasteiger partial charge on any atom is -0.470 e. The van der Waals surface area contributed by atoms with Gasteiger partial charge in [0.2, 0.25) is 11.8 Å². The molecule has 0 radical (unpaired) electrons. The summed E-state index contributed by atoms with van der Waals surface area (Å²) in [7, 11) is 3.77. The van der Waals surface area contributed by atoms with Crippen LogP contribution < -0.4 is 15.0 Å². The summed E-state index contributed by atoms with van der Waals surface area (Å²) in [6.07, 6.45) is 5.85. The van der Waals surface area contributed by atoms with Crippen LogP contribution in [0.25, 0.3) is 0 Å². The highest BCUT2D eigenvalue weighted by molar-refractivity contribution is 5.90. The number of nitrogens with one attached hydrogen (secondary N) is 1. The number of amides is 2. The van der Waals surface area contributed by atoms with Crippen LogP contribution in [0.3, 0.4) is 0 Å². The average Bonchev–Trinajstić information content (AvgIpc) is 3.01. The molecule has 130 valence electrons. The lowest BCUT2D eigenvalue weighted by Gasteiger charge is -2.34. The molecule has 2 aliphatic rings. The highest BCUT2D eigenvalue weighted by Crippen LogP contribution is 2.24. The molecular weight excluding hydrogens is 310 g/mol. The summed E-state index contributed by atoms with van der Waals surface area (Å²) in [5.74, 6) is 1.09. The first-order valence-corrected chi connectivity index (χ1v) is 8.27. The summed E-state index contributed by atoms with van der Waals surface area (Å²) in [5, 5.41) is 2.74. The van der Waals surface area contributed by atoms with Gasteiger partial charge in [0, 0.05) is 39.5 Å². The van der Waals surface area contributed by atoms with Gasteiger partial charge in [-0.1, -0.05) is 0 Å². The maximum Gasteiger partial charge on any atom is 0.257 e. The number of ether oxygens (including phenoxy) is 1. The average molecular weight is 333 g/mol. The number of hydrogen-bond acceptors (Lipinski definition) is 6. The van der Waals surface area contributed by atoms with Gasteiger partial charge in [-0.05, 0) is 19.3 Å². The molecule has 2 atom stereocenters. The molecule has 3 rings (SSSR count). The van der Waals surface area contributed by atoms with Crippen LogP contribution in [0, 0.1) is 0 Å². The molecule has 2 saturated heterocycles. The van der Waals surface area contributed by atoms with Crippen molar-refractivity contribution >= 4 is 17.6 Å². The van der Waals surface area contributed by atoms with Gasteiger partial charge in [0.25, 0.3) is 5.88 Å². The zero-order valence-corrected chi connectivity index (χ0v) is 14.1. The SMILES string of the molecule is CN(C)c1nccnc1OC1CCCN(C(=O)C2CCC(=O)N2)C1. The van der Waals surface area contributed by atoms with E-state index in [1.165, 1.54) is 0 Å². The monoisotopic (exact) mass is 333 g/mol. The molecule has 8 nitrogen and oxygen atoms in total. The standard InChI is InChI=1S/C16H23N5O3/c1-20(2)14-15(18-8-7-17-14)24-11-4-3-9-21(10-11)16(23)12-5-6-13(22)19-12/h7-8,11-12H,3-6,9-10H2,1-2H3,(H,19,22). The molecule has 1 N–H and O–H groups in total. The number of hydrogen-bond donors (Lipinski definition) is 1. The lowest BCUT2D eigenvalue weighted by Crippen LogP contribution is -2.50. The van der Waals surface area contributed by atoms with Gasteiger partial charge < -0.3 is 19.9 Å². The third-order valence-corrected chi connectivity index (χ3v) is 4.33. The quantitative estimate of drug-likeness (QED) is 0.846. The van der Waals surface area contributed by atoms with E-state index in [4.69, 9.17) is 4.74 Å². The van der Waals surface area contributed by atoms with E-state index in [1.54, 1.807) is 17.3 Å². The number of rotatable bonds is 4. The molecule has 2 fully saturated rings. The van der Waals surface area contributed by atoms with Gasteiger partial charge in [-0.25, -0.2) is 9.97 Å². The zero-order valence-electron chi connectivity index (χ0n) is 14.1. The van der Waals surface area contributed by atoms with Crippen LogP contribution in [0.1, 0.15) is 25.7 Å². The van der Waals surface area contributed by atoms with Gasteiger partial charge in [0.05, 0.1) is 6.54 Å². The topological polar surface area (TPSA) is 87.7 Å². The molecule has 1 aromatic heterocycles. The van der Waals surface area contributed by atoms with Crippen molar-refractivity contribution in [3.05, 3.63) is 12.4 Å². The summed E-state index contributed by atoms with van der Waals surface area (Å²) in [5.41, 5.74) is 0. The van der Waals surface area contributed by atoms with Crippen molar-refractivity contribution in [1.29, 1.82) is 0 Å². The summed E-state index contributed by atoms with van der Waals surface area (Å²) in [4.78, 5) is 36.0. The van der Waals surface area contributed by atoms with Gasteiger partial charge in [0.1, 0.15) is 12.1 Å². The number of carbonyl (C=O) groups excluding carboxylic acids is 2. The van der Waals surface area contributed by atoms with Crippen molar-refractivity contribution in [1.82, 2.24) is 20.2 Å². The second-order valence-electron chi connectivity index (χ2n) is 6.40. The van der Waals surface area contributed by atoms with E-state index >= 15 is 0 Å². The summed E-state index contributed by atoms with van der Waals surface area (Å²) >= 11 is 0. The lowest BCUT2D eigenvalue weighted by atomic mass is 10.1. The Kier molecular flexibility index (Phi) is 4.82. The first-order valence-electron chi connectivity index (χ1n) is 8.27. The van der Waals surface area contributed by atoms with Crippen molar-refractivity contribution in [2.75, 3.05) is 32.1 Å². The van der Waals surface area contributed by atoms with Crippen molar-refractivity contribution in [3.8, 4) is 5.88 Å². The van der Waals surface area contributed by atoms with Gasteiger partial charge >= 0.3 is 0 Å². The second-order valence-corrected chi connectivity index (χ2v) is 6.40. The molecule has 8 heteroatoms. The molecule has 0 bridgehead atoms. The Morgan fingerprint density at radius 2 is 2.12 bits per heavy atom. The Labute approximate surface area is 141 Å². The maximum absolute atomic E-state index is 12.5. The molecular formula is C16H23N5O3. The van der Waals surface area contributed by atoms with Crippen LogP contribution in [0.5, 0.6) is 5.88 Å². The van der Waals surface area contributed by atoms with E-state index in [9.17, 15) is 9.59 Å². The Bertz CT molecular complexity index is 621. The van der Waals surface area contributed by atoms with Crippen LogP contribution >= 0.6 is 0 Å². The maximum atomic E-state index is 12.5. The number of aromatic nitrogens is 2. The molecule has 2 aliphatic heterocycles. The Balaban J connectivity index is 1.64. The second kappa shape index (κ2) is 7.02. The summed E-state index contributed by atoms with van der Waals surface area (Å²) in [6.45, 7) is 1.21. The number of likely N-dealkylation sites (tertiary alicyclic amines) is 1. The molecule has 24 heavy (non-hydrogen) atoms. The predicted octanol–water partition coefficient (Wildman–Crippen LogP) is 0.191. The molecule has 1 aromatic rings. The fraction of sp³-hybridized carbons (Fsp3) is 0.625. The van der Waals surface area contributed by atoms with E-state index in [-0.39, 0.29) is 24.0 Å². The van der Waals surface area contributed by atoms with Gasteiger partial charge in [-0.15, -0.1) is 0 Å². The minimum absolute atomic E-state index is 0.0128. The van der Waals surface area contributed by atoms with Gasteiger partial charge in [-0.3, -0.25) is 9.59 Å². The van der Waals surface area contributed by atoms with E-state index in [0.29, 0.717) is 37.6 Å². The molecule has 2 unspecified atom stereocenters. The number of nitrogens with zero attached hydrogens (tertiary/aromatic N) is 4. The minimum atomic E-state index is -0.384. The normalized spacial score (nSPS) is 23.8. The van der Waals surface area contributed by atoms with Crippen LogP contribution in [-0.4, -0.2) is 66.0 Å². The molecule has 0 aliphatic carbocycles. The summed E-state index contributed by atoms with van der Waals surface area (Å²) < 4.78 is 6.02. The smallest absolute Gasteiger partial charge is 0.257 e. The van der Waals surface area contributed by atoms with E-state index < -0.39 is 0 Å². The van der Waals surface area contributed by atoms with Crippen molar-refractivity contribution in [3.63, 3.8) is 0 Å². The number of carbonyl (C=O) groups is 2. The molecule has 0 saturated carbocycles. The van der Waals surface area contributed by atoms with Crippen LogP contribution in [-0.2, 0) is 9.59 Å². The van der Waals surface area contributed by atoms with Crippen molar-refractivity contribution in [2.24, 2.45) is 0 Å². The fourth-order valence-electron chi connectivity index (χ4n) is 3.12. The predicted molar refractivity (Wildman–Crippen MR) is 87.8 cm³/mol. The largest absolute Gasteiger partial charge is 0.470 e. The van der Waals surface area contributed by atoms with Gasteiger partial charge in [0.15, 0.2) is 5.82 Å². The highest BCUT2D eigenvalue weighted by Gasteiger charge is 2.34. The molecule has 0 spiro atoms. The molecule has 3 heterocycles. The number of anilines is 1. The molecule has 0 aromatic carbocycles. The Morgan fingerprint density at radius 1 is 1.33 bits per heavy atom. The van der Waals surface area contributed by atoms with Crippen LogP contribution in [0.15, 0.2) is 12.4 Å². The van der Waals surface area contributed by atoms with E-state index in [0.717, 1.165) is 12.8 Å². The van der Waals surface area contributed by atoms with Crippen molar-refractivity contribution < 1.29 is 14.3 Å². The highest BCUT2D eigenvalue weighted by atomic mass is 16.5.